The van der Waals surface area contributed by atoms with Crippen LogP contribution in [-0.2, 0) is 6.42 Å². The van der Waals surface area contributed by atoms with Crippen LogP contribution in [0.5, 0.6) is 0 Å². The van der Waals surface area contributed by atoms with Gasteiger partial charge in [-0.2, -0.15) is 4.98 Å². The number of carbonyl (C=O) groups excluding carboxylic acids is 1. The van der Waals surface area contributed by atoms with E-state index in [1.165, 1.54) is 37.4 Å². The number of carbonyl (C=O) groups is 1. The van der Waals surface area contributed by atoms with Crippen molar-refractivity contribution in [3.8, 4) is 0 Å². The van der Waals surface area contributed by atoms with E-state index in [4.69, 9.17) is 0 Å². The molecule has 1 unspecified atom stereocenters. The van der Waals surface area contributed by atoms with Crippen LogP contribution in [0, 0.1) is 0 Å². The molecular formula is C30H37N7O2. The summed E-state index contributed by atoms with van der Waals surface area (Å²) in [5, 5.41) is 19.5. The van der Waals surface area contributed by atoms with Crippen LogP contribution < -0.4 is 16.0 Å². The highest BCUT2D eigenvalue weighted by Crippen LogP contribution is 2.35. The Labute approximate surface area is 229 Å². The number of pyridine rings is 1. The molecule has 0 saturated heterocycles. The monoisotopic (exact) mass is 527 g/mol. The summed E-state index contributed by atoms with van der Waals surface area (Å²) >= 11 is 0. The molecule has 0 bridgehead atoms. The smallest absolute Gasteiger partial charge is 0.256 e. The summed E-state index contributed by atoms with van der Waals surface area (Å²) in [7, 11) is 4.34. The first-order chi connectivity index (χ1) is 18.9. The van der Waals surface area contributed by atoms with Crippen LogP contribution in [-0.4, -0.2) is 57.5 Å². The number of fused-ring (bicyclic) bond motifs is 1. The van der Waals surface area contributed by atoms with Gasteiger partial charge in [-0.3, -0.25) is 4.79 Å². The van der Waals surface area contributed by atoms with E-state index in [0.717, 1.165) is 17.7 Å². The van der Waals surface area contributed by atoms with E-state index >= 15 is 0 Å². The number of aliphatic hydroxyl groups is 1. The molecular weight excluding hydrogens is 490 g/mol. The zero-order chi connectivity index (χ0) is 27.4. The third kappa shape index (κ3) is 6.26. The Balaban J connectivity index is 1.33. The molecule has 3 aromatic rings. The highest BCUT2D eigenvalue weighted by Gasteiger charge is 2.24. The predicted octanol–water partition coefficient (Wildman–Crippen LogP) is 4.84. The molecule has 2 heterocycles. The maximum atomic E-state index is 12.8. The molecule has 204 valence electrons. The summed E-state index contributed by atoms with van der Waals surface area (Å²) in [6.07, 6.45) is 8.87. The van der Waals surface area contributed by atoms with Gasteiger partial charge in [0.15, 0.2) is 0 Å². The third-order valence-electron chi connectivity index (χ3n) is 7.77. The van der Waals surface area contributed by atoms with Crippen LogP contribution in [0.25, 0.3) is 0 Å². The van der Waals surface area contributed by atoms with Crippen LogP contribution in [0.15, 0.2) is 55.3 Å². The fourth-order valence-corrected chi connectivity index (χ4v) is 5.48. The van der Waals surface area contributed by atoms with Crippen molar-refractivity contribution >= 4 is 29.2 Å². The maximum absolute atomic E-state index is 12.8. The number of benzene rings is 1. The number of anilines is 4. The van der Waals surface area contributed by atoms with Crippen molar-refractivity contribution in [2.75, 3.05) is 31.3 Å². The Morgan fingerprint density at radius 2 is 1.82 bits per heavy atom. The minimum Gasteiger partial charge on any atom is -0.387 e. The van der Waals surface area contributed by atoms with E-state index in [2.05, 4.69) is 80.7 Å². The molecule has 0 spiro atoms. The van der Waals surface area contributed by atoms with E-state index in [0.29, 0.717) is 48.2 Å². The van der Waals surface area contributed by atoms with Gasteiger partial charge < -0.3 is 26.0 Å². The van der Waals surface area contributed by atoms with Gasteiger partial charge in [0.25, 0.3) is 5.91 Å². The Morgan fingerprint density at radius 1 is 1.05 bits per heavy atom. The molecule has 0 radical (unpaired) electrons. The molecule has 1 fully saturated rings. The quantitative estimate of drug-likeness (QED) is 0.292. The lowest BCUT2D eigenvalue weighted by atomic mass is 9.81. The van der Waals surface area contributed by atoms with Crippen LogP contribution in [0.2, 0.25) is 0 Å². The molecule has 2 aromatic heterocycles. The second-order valence-corrected chi connectivity index (χ2v) is 10.6. The summed E-state index contributed by atoms with van der Waals surface area (Å²) in [6.45, 7) is 3.98. The van der Waals surface area contributed by atoms with Gasteiger partial charge in [0.2, 0.25) is 5.95 Å². The largest absolute Gasteiger partial charge is 0.387 e. The minimum absolute atomic E-state index is 0.286. The molecule has 39 heavy (non-hydrogen) atoms. The average molecular weight is 528 g/mol. The van der Waals surface area contributed by atoms with E-state index in [-0.39, 0.29) is 11.5 Å². The number of aromatic nitrogens is 3. The second kappa shape index (κ2) is 11.9. The standard InChI is InChI=1S/C30H37N7O2/c1-4-17-31-29(39)24-18-32-30(36-28(24)35-26-16-10-21-9-15-25(38)27(21)34-26)33-22-11-5-19(6-12-22)20-7-13-23(14-8-20)37(2)3/h4-6,10-12,16,18,20,23,25,38H,1,7-9,13-15,17H2,2-3H3,(H,31,39)(H2,32,33,34,35,36). The second-order valence-electron chi connectivity index (χ2n) is 10.6. The molecule has 1 atom stereocenters. The van der Waals surface area contributed by atoms with Crippen molar-refractivity contribution in [3.05, 3.63) is 77.6 Å². The summed E-state index contributed by atoms with van der Waals surface area (Å²) in [5.41, 5.74) is 4.22. The Bertz CT molecular complexity index is 1320. The first-order valence-electron chi connectivity index (χ1n) is 13.7. The van der Waals surface area contributed by atoms with Crippen molar-refractivity contribution in [2.45, 2.75) is 56.6 Å². The molecule has 9 nitrogen and oxygen atoms in total. The van der Waals surface area contributed by atoms with Gasteiger partial charge in [-0.1, -0.05) is 24.3 Å². The lowest BCUT2D eigenvalue weighted by molar-refractivity contribution is 0.0958. The Hall–Kier alpha value is -3.82. The van der Waals surface area contributed by atoms with E-state index in [1.54, 1.807) is 6.08 Å². The molecule has 2 aliphatic carbocycles. The van der Waals surface area contributed by atoms with Gasteiger partial charge in [-0.15, -0.1) is 6.58 Å². The number of amides is 1. The summed E-state index contributed by atoms with van der Waals surface area (Å²) < 4.78 is 0. The van der Waals surface area contributed by atoms with Gasteiger partial charge in [0, 0.05) is 24.5 Å². The molecule has 0 aliphatic heterocycles. The predicted molar refractivity (Wildman–Crippen MR) is 154 cm³/mol. The number of hydrogen-bond donors (Lipinski definition) is 4. The lowest BCUT2D eigenvalue weighted by Crippen LogP contribution is -2.31. The summed E-state index contributed by atoms with van der Waals surface area (Å²) in [4.78, 5) is 28.7. The molecule has 4 N–H and O–H groups in total. The molecule has 1 saturated carbocycles. The molecule has 1 amide bonds. The first kappa shape index (κ1) is 26.8. The van der Waals surface area contributed by atoms with E-state index in [1.807, 2.05) is 12.1 Å². The number of nitrogens with one attached hydrogen (secondary N) is 3. The average Bonchev–Trinajstić information content (AvgIpc) is 3.32. The van der Waals surface area contributed by atoms with Crippen molar-refractivity contribution in [1.29, 1.82) is 0 Å². The van der Waals surface area contributed by atoms with E-state index < -0.39 is 6.10 Å². The zero-order valence-corrected chi connectivity index (χ0v) is 22.7. The number of nitrogens with zero attached hydrogens (tertiary/aromatic N) is 4. The Morgan fingerprint density at radius 3 is 2.54 bits per heavy atom. The van der Waals surface area contributed by atoms with Crippen LogP contribution in [0.1, 0.15) is 71.3 Å². The van der Waals surface area contributed by atoms with Crippen LogP contribution in [0.3, 0.4) is 0 Å². The van der Waals surface area contributed by atoms with Gasteiger partial charge in [0.05, 0.1) is 11.8 Å². The third-order valence-corrected chi connectivity index (χ3v) is 7.77. The van der Waals surface area contributed by atoms with Crippen LogP contribution >= 0.6 is 0 Å². The number of rotatable bonds is 9. The zero-order valence-electron chi connectivity index (χ0n) is 22.7. The normalized spacial score (nSPS) is 20.4. The van der Waals surface area contributed by atoms with Crippen LogP contribution in [0.4, 0.5) is 23.3 Å². The van der Waals surface area contributed by atoms with Crippen molar-refractivity contribution in [2.24, 2.45) is 0 Å². The number of aliphatic hydroxyl groups excluding tert-OH is 1. The highest BCUT2D eigenvalue weighted by molar-refractivity contribution is 5.99. The minimum atomic E-state index is -0.578. The molecule has 5 rings (SSSR count). The summed E-state index contributed by atoms with van der Waals surface area (Å²) in [5.74, 6) is 1.46. The van der Waals surface area contributed by atoms with Gasteiger partial charge >= 0.3 is 0 Å². The molecule has 2 aliphatic rings. The van der Waals surface area contributed by atoms with Gasteiger partial charge in [0.1, 0.15) is 17.2 Å². The van der Waals surface area contributed by atoms with Crippen molar-refractivity contribution in [3.63, 3.8) is 0 Å². The lowest BCUT2D eigenvalue weighted by Gasteiger charge is -2.32. The van der Waals surface area contributed by atoms with E-state index in [9.17, 15) is 9.90 Å². The Kier molecular flexibility index (Phi) is 8.18. The maximum Gasteiger partial charge on any atom is 0.256 e. The van der Waals surface area contributed by atoms with Gasteiger partial charge in [-0.05, 0) is 87.9 Å². The first-order valence-corrected chi connectivity index (χ1v) is 13.7. The topological polar surface area (TPSA) is 115 Å². The number of hydrogen-bond acceptors (Lipinski definition) is 8. The van der Waals surface area contributed by atoms with Crippen molar-refractivity contribution in [1.82, 2.24) is 25.2 Å². The molecule has 1 aromatic carbocycles. The number of aryl methyl sites for hydroxylation is 1. The summed E-state index contributed by atoms with van der Waals surface area (Å²) in [6, 6.07) is 12.9. The molecule has 9 heteroatoms. The fourth-order valence-electron chi connectivity index (χ4n) is 5.48. The van der Waals surface area contributed by atoms with Crippen molar-refractivity contribution < 1.29 is 9.90 Å². The van der Waals surface area contributed by atoms with Gasteiger partial charge in [-0.25, -0.2) is 9.97 Å². The highest BCUT2D eigenvalue weighted by atomic mass is 16.3. The fraction of sp³-hybridized carbons (Fsp3) is 0.400. The SMILES string of the molecule is C=CCNC(=O)c1cnc(Nc2ccc(C3CCC(N(C)C)CC3)cc2)nc1Nc1ccc2c(n1)C(O)CC2.